The molecular weight excluding hydrogens is 266 g/mol. The molecule has 5 nitrogen and oxygen atoms in total. The van der Waals surface area contributed by atoms with Crippen molar-refractivity contribution < 1.29 is 19.4 Å². The third kappa shape index (κ3) is 3.54. The molecule has 1 aliphatic rings. The molecule has 0 saturated carbocycles. The number of carboxylic acid groups (broad SMARTS) is 1. The number of hydrogen-bond donors (Lipinski definition) is 2. The van der Waals surface area contributed by atoms with E-state index < -0.39 is 12.0 Å². The van der Waals surface area contributed by atoms with Gasteiger partial charge in [-0.2, -0.15) is 11.8 Å². The number of methoxy groups -OCH3 is 1. The standard InChI is InChI=1S/C13H17NO4S/c1-17-11-3-2-8(4-10(14)13(15)16)5-12(11)18-9-6-19-7-9/h2-3,5,9-10H,4,6-7,14H2,1H3,(H,15,16). The van der Waals surface area contributed by atoms with Crippen molar-refractivity contribution in [3.8, 4) is 11.5 Å². The van der Waals surface area contributed by atoms with E-state index in [4.69, 9.17) is 20.3 Å². The molecule has 6 heteroatoms. The number of carbonyl (C=O) groups is 1. The van der Waals surface area contributed by atoms with Gasteiger partial charge in [0.1, 0.15) is 12.1 Å². The monoisotopic (exact) mass is 283 g/mol. The van der Waals surface area contributed by atoms with Crippen molar-refractivity contribution in [3.05, 3.63) is 23.8 Å². The van der Waals surface area contributed by atoms with E-state index in [-0.39, 0.29) is 12.5 Å². The van der Waals surface area contributed by atoms with Crippen molar-refractivity contribution in [1.82, 2.24) is 0 Å². The van der Waals surface area contributed by atoms with Crippen LogP contribution in [0, 0.1) is 0 Å². The number of benzene rings is 1. The molecule has 1 heterocycles. The maximum atomic E-state index is 10.8. The van der Waals surface area contributed by atoms with Crippen molar-refractivity contribution in [2.75, 3.05) is 18.6 Å². The van der Waals surface area contributed by atoms with Gasteiger partial charge in [0.25, 0.3) is 0 Å². The Balaban J connectivity index is 2.12. The van der Waals surface area contributed by atoms with Crippen LogP contribution in [0.4, 0.5) is 0 Å². The van der Waals surface area contributed by atoms with Gasteiger partial charge in [0.2, 0.25) is 0 Å². The fourth-order valence-electron chi connectivity index (χ4n) is 1.74. The van der Waals surface area contributed by atoms with Gasteiger partial charge in [0.15, 0.2) is 11.5 Å². The predicted octanol–water partition coefficient (Wildman–Crippen LogP) is 1.14. The minimum Gasteiger partial charge on any atom is -0.493 e. The Hall–Kier alpha value is -1.40. The average Bonchev–Trinajstić information content (AvgIpc) is 2.34. The van der Waals surface area contributed by atoms with E-state index in [0.29, 0.717) is 11.5 Å². The molecule has 2 rings (SSSR count). The van der Waals surface area contributed by atoms with Crippen LogP contribution in [-0.4, -0.2) is 41.8 Å². The number of hydrogen-bond acceptors (Lipinski definition) is 5. The Morgan fingerprint density at radius 1 is 1.53 bits per heavy atom. The van der Waals surface area contributed by atoms with Crippen molar-refractivity contribution in [1.29, 1.82) is 0 Å². The van der Waals surface area contributed by atoms with Gasteiger partial charge >= 0.3 is 5.97 Å². The third-order valence-electron chi connectivity index (χ3n) is 2.90. The molecule has 1 saturated heterocycles. The Labute approximate surface area is 116 Å². The number of carboxylic acids is 1. The molecule has 104 valence electrons. The molecule has 1 fully saturated rings. The van der Waals surface area contributed by atoms with Gasteiger partial charge in [-0.05, 0) is 24.1 Å². The normalized spacial score (nSPS) is 16.5. The Bertz CT molecular complexity index is 462. The van der Waals surface area contributed by atoms with Crippen molar-refractivity contribution >= 4 is 17.7 Å². The van der Waals surface area contributed by atoms with Crippen LogP contribution in [0.2, 0.25) is 0 Å². The Kier molecular flexibility index (Phi) is 4.55. The molecule has 1 aromatic rings. The summed E-state index contributed by atoms with van der Waals surface area (Å²) in [6.07, 6.45) is 0.483. The summed E-state index contributed by atoms with van der Waals surface area (Å²) in [6.45, 7) is 0. The maximum Gasteiger partial charge on any atom is 0.320 e. The van der Waals surface area contributed by atoms with Crippen LogP contribution in [0.5, 0.6) is 11.5 Å². The minimum absolute atomic E-state index is 0.210. The minimum atomic E-state index is -1.01. The molecule has 3 N–H and O–H groups in total. The molecule has 0 amide bonds. The van der Waals surface area contributed by atoms with Gasteiger partial charge in [-0.15, -0.1) is 0 Å². The smallest absolute Gasteiger partial charge is 0.320 e. The van der Waals surface area contributed by atoms with Gasteiger partial charge in [-0.3, -0.25) is 4.79 Å². The lowest BCUT2D eigenvalue weighted by Crippen LogP contribution is -2.32. The number of nitrogens with two attached hydrogens (primary N) is 1. The van der Waals surface area contributed by atoms with Crippen molar-refractivity contribution in [3.63, 3.8) is 0 Å². The topological polar surface area (TPSA) is 81.8 Å². The largest absolute Gasteiger partial charge is 0.493 e. The third-order valence-corrected chi connectivity index (χ3v) is 4.12. The Morgan fingerprint density at radius 2 is 2.26 bits per heavy atom. The van der Waals surface area contributed by atoms with Crippen molar-refractivity contribution in [2.24, 2.45) is 5.73 Å². The van der Waals surface area contributed by atoms with Crippen LogP contribution >= 0.6 is 11.8 Å². The average molecular weight is 283 g/mol. The van der Waals surface area contributed by atoms with E-state index in [2.05, 4.69) is 0 Å². The Morgan fingerprint density at radius 3 is 2.79 bits per heavy atom. The molecule has 0 aliphatic carbocycles. The van der Waals surface area contributed by atoms with E-state index >= 15 is 0 Å². The summed E-state index contributed by atoms with van der Waals surface area (Å²) < 4.78 is 11.1. The number of aliphatic carboxylic acids is 1. The predicted molar refractivity (Wildman–Crippen MR) is 74.1 cm³/mol. The highest BCUT2D eigenvalue weighted by atomic mass is 32.2. The van der Waals surface area contributed by atoms with E-state index in [1.807, 2.05) is 23.9 Å². The van der Waals surface area contributed by atoms with Gasteiger partial charge in [-0.1, -0.05) is 6.07 Å². The second-order valence-electron chi connectivity index (χ2n) is 4.41. The highest BCUT2D eigenvalue weighted by molar-refractivity contribution is 8.00. The second-order valence-corrected chi connectivity index (χ2v) is 5.49. The van der Waals surface area contributed by atoms with E-state index in [9.17, 15) is 4.79 Å². The molecule has 0 radical (unpaired) electrons. The SMILES string of the molecule is COc1ccc(CC(N)C(=O)O)cc1OC1CSC1. The highest BCUT2D eigenvalue weighted by Crippen LogP contribution is 2.32. The van der Waals surface area contributed by atoms with Gasteiger partial charge in [-0.25, -0.2) is 0 Å². The first kappa shape index (κ1) is 14.0. The quantitative estimate of drug-likeness (QED) is 0.815. The summed E-state index contributed by atoms with van der Waals surface area (Å²) in [5, 5.41) is 8.82. The zero-order valence-corrected chi connectivity index (χ0v) is 11.5. The molecule has 1 unspecified atom stereocenters. The fourth-order valence-corrected chi connectivity index (χ4v) is 2.31. The van der Waals surface area contributed by atoms with E-state index in [0.717, 1.165) is 17.1 Å². The highest BCUT2D eigenvalue weighted by Gasteiger charge is 2.22. The van der Waals surface area contributed by atoms with Gasteiger partial charge < -0.3 is 20.3 Å². The molecule has 0 spiro atoms. The summed E-state index contributed by atoms with van der Waals surface area (Å²) in [6, 6.07) is 4.50. The zero-order chi connectivity index (χ0) is 13.8. The maximum absolute atomic E-state index is 10.8. The lowest BCUT2D eigenvalue weighted by molar-refractivity contribution is -0.138. The van der Waals surface area contributed by atoms with Gasteiger partial charge in [0.05, 0.1) is 7.11 Å². The molecule has 0 aromatic heterocycles. The molecular formula is C13H17NO4S. The molecule has 1 atom stereocenters. The zero-order valence-electron chi connectivity index (χ0n) is 10.7. The summed E-state index contributed by atoms with van der Waals surface area (Å²) in [5.41, 5.74) is 6.36. The first-order valence-corrected chi connectivity index (χ1v) is 7.15. The lowest BCUT2D eigenvalue weighted by atomic mass is 10.1. The van der Waals surface area contributed by atoms with Crippen LogP contribution in [0.25, 0.3) is 0 Å². The molecule has 1 aromatic carbocycles. The van der Waals surface area contributed by atoms with Crippen LogP contribution in [0.15, 0.2) is 18.2 Å². The molecule has 1 aliphatic heterocycles. The van der Waals surface area contributed by atoms with Crippen LogP contribution < -0.4 is 15.2 Å². The summed E-state index contributed by atoms with van der Waals surface area (Å²) >= 11 is 1.83. The van der Waals surface area contributed by atoms with E-state index in [1.54, 1.807) is 13.2 Å². The summed E-state index contributed by atoms with van der Waals surface area (Å²) in [4.78, 5) is 10.8. The summed E-state index contributed by atoms with van der Waals surface area (Å²) in [5.74, 6) is 2.26. The second kappa shape index (κ2) is 6.16. The first-order valence-electron chi connectivity index (χ1n) is 6.00. The van der Waals surface area contributed by atoms with Gasteiger partial charge in [0, 0.05) is 11.5 Å². The van der Waals surface area contributed by atoms with Crippen LogP contribution in [-0.2, 0) is 11.2 Å². The summed E-state index contributed by atoms with van der Waals surface area (Å²) in [7, 11) is 1.58. The molecule has 0 bridgehead atoms. The fraction of sp³-hybridized carbons (Fsp3) is 0.462. The number of rotatable bonds is 6. The molecule has 19 heavy (non-hydrogen) atoms. The van der Waals surface area contributed by atoms with Crippen molar-refractivity contribution in [2.45, 2.75) is 18.6 Å². The van der Waals surface area contributed by atoms with Crippen LogP contribution in [0.3, 0.4) is 0 Å². The first-order chi connectivity index (χ1) is 9.10. The number of ether oxygens (including phenoxy) is 2. The van der Waals surface area contributed by atoms with E-state index in [1.165, 1.54) is 0 Å². The van der Waals surface area contributed by atoms with Crippen LogP contribution in [0.1, 0.15) is 5.56 Å². The lowest BCUT2D eigenvalue weighted by Gasteiger charge is -2.27. The number of thioether (sulfide) groups is 1.